The van der Waals surface area contributed by atoms with Crippen molar-refractivity contribution >= 4 is 5.97 Å². The molecule has 0 aliphatic carbocycles. The molecule has 0 heterocycles. The van der Waals surface area contributed by atoms with Crippen LogP contribution in [0.15, 0.2) is 0 Å². The third kappa shape index (κ3) is 6.42. The van der Waals surface area contributed by atoms with Gasteiger partial charge in [0.25, 0.3) is 0 Å². The van der Waals surface area contributed by atoms with Crippen molar-refractivity contribution in [3.63, 3.8) is 0 Å². The molecule has 3 nitrogen and oxygen atoms in total. The summed E-state index contributed by atoms with van der Waals surface area (Å²) < 4.78 is 0. The summed E-state index contributed by atoms with van der Waals surface area (Å²) in [6.07, 6.45) is 3.71. The number of nitrogens with one attached hydrogen (secondary N) is 1. The monoisotopic (exact) mass is 271 g/mol. The molecule has 0 aromatic rings. The van der Waals surface area contributed by atoms with Gasteiger partial charge in [-0.2, -0.15) is 0 Å². The molecule has 0 fully saturated rings. The molecule has 0 amide bonds. The highest BCUT2D eigenvalue weighted by Crippen LogP contribution is 2.26. The molecule has 0 saturated heterocycles. The minimum Gasteiger partial charge on any atom is -0.481 e. The second kappa shape index (κ2) is 8.57. The van der Waals surface area contributed by atoms with Crippen LogP contribution in [-0.4, -0.2) is 23.7 Å². The molecule has 2 atom stereocenters. The number of hydrogen-bond donors (Lipinski definition) is 2. The van der Waals surface area contributed by atoms with E-state index in [2.05, 4.69) is 33.0 Å². The van der Waals surface area contributed by atoms with Crippen LogP contribution in [0.2, 0.25) is 0 Å². The highest BCUT2D eigenvalue weighted by Gasteiger charge is 2.34. The van der Waals surface area contributed by atoms with Gasteiger partial charge in [0.15, 0.2) is 0 Å². The number of carboxylic acid groups (broad SMARTS) is 1. The molecular weight excluding hydrogens is 238 g/mol. The molecule has 19 heavy (non-hydrogen) atoms. The fourth-order valence-corrected chi connectivity index (χ4v) is 2.84. The van der Waals surface area contributed by atoms with E-state index in [0.29, 0.717) is 31.3 Å². The van der Waals surface area contributed by atoms with Crippen LogP contribution in [0.4, 0.5) is 0 Å². The van der Waals surface area contributed by atoms with Gasteiger partial charge in [-0.05, 0) is 44.4 Å². The van der Waals surface area contributed by atoms with Crippen LogP contribution in [0.3, 0.4) is 0 Å². The first kappa shape index (κ1) is 18.4. The molecule has 0 aliphatic rings. The van der Waals surface area contributed by atoms with Crippen LogP contribution in [0, 0.1) is 17.3 Å². The molecule has 3 heteroatoms. The quantitative estimate of drug-likeness (QED) is 0.633. The Morgan fingerprint density at radius 3 is 2.00 bits per heavy atom. The van der Waals surface area contributed by atoms with E-state index in [1.165, 1.54) is 6.42 Å². The summed E-state index contributed by atoms with van der Waals surface area (Å²) in [4.78, 5) is 11.4. The predicted octanol–water partition coefficient (Wildman–Crippen LogP) is 3.93. The predicted molar refractivity (Wildman–Crippen MR) is 81.4 cm³/mol. The molecule has 0 aromatic heterocycles. The second-order valence-electron chi connectivity index (χ2n) is 6.54. The molecule has 0 aliphatic heterocycles. The Kier molecular flexibility index (Phi) is 8.31. The van der Waals surface area contributed by atoms with E-state index in [1.54, 1.807) is 0 Å². The average molecular weight is 271 g/mol. The normalized spacial score (nSPS) is 15.5. The summed E-state index contributed by atoms with van der Waals surface area (Å²) in [6.45, 7) is 13.4. The molecule has 114 valence electrons. The first-order valence-corrected chi connectivity index (χ1v) is 7.74. The van der Waals surface area contributed by atoms with Gasteiger partial charge in [0.05, 0.1) is 5.41 Å². The van der Waals surface area contributed by atoms with Gasteiger partial charge in [0, 0.05) is 12.6 Å². The Labute approximate surface area is 119 Å². The lowest BCUT2D eigenvalue weighted by Crippen LogP contribution is -2.43. The van der Waals surface area contributed by atoms with Gasteiger partial charge in [0.1, 0.15) is 0 Å². The maximum Gasteiger partial charge on any atom is 0.310 e. The maximum atomic E-state index is 11.4. The van der Waals surface area contributed by atoms with Crippen molar-refractivity contribution in [3.05, 3.63) is 0 Å². The summed E-state index contributed by atoms with van der Waals surface area (Å²) in [7, 11) is 0. The maximum absolute atomic E-state index is 11.4. The summed E-state index contributed by atoms with van der Waals surface area (Å²) in [6, 6.07) is 0.380. The van der Waals surface area contributed by atoms with Crippen molar-refractivity contribution in [3.8, 4) is 0 Å². The lowest BCUT2D eigenvalue weighted by atomic mass is 9.82. The van der Waals surface area contributed by atoms with Crippen molar-refractivity contribution in [2.24, 2.45) is 17.3 Å². The number of aliphatic carboxylic acids is 1. The van der Waals surface area contributed by atoms with Crippen LogP contribution < -0.4 is 5.32 Å². The fraction of sp³-hybridized carbons (Fsp3) is 0.938. The van der Waals surface area contributed by atoms with E-state index in [9.17, 15) is 9.90 Å². The molecule has 2 N–H and O–H groups in total. The molecular formula is C16H33NO2. The molecule has 2 unspecified atom stereocenters. The largest absolute Gasteiger partial charge is 0.481 e. The topological polar surface area (TPSA) is 49.3 Å². The molecule has 0 rings (SSSR count). The highest BCUT2D eigenvalue weighted by molar-refractivity contribution is 5.74. The zero-order valence-corrected chi connectivity index (χ0v) is 13.6. The highest BCUT2D eigenvalue weighted by atomic mass is 16.4. The van der Waals surface area contributed by atoms with Crippen LogP contribution in [0.1, 0.15) is 67.2 Å². The molecule has 0 aromatic carbocycles. The second-order valence-corrected chi connectivity index (χ2v) is 6.54. The van der Waals surface area contributed by atoms with Gasteiger partial charge in [-0.1, -0.05) is 34.6 Å². The molecule has 0 radical (unpaired) electrons. The van der Waals surface area contributed by atoms with E-state index < -0.39 is 11.4 Å². The first-order valence-electron chi connectivity index (χ1n) is 7.74. The van der Waals surface area contributed by atoms with Gasteiger partial charge in [0.2, 0.25) is 0 Å². The van der Waals surface area contributed by atoms with E-state index in [4.69, 9.17) is 0 Å². The zero-order valence-electron chi connectivity index (χ0n) is 13.6. The Morgan fingerprint density at radius 2 is 1.63 bits per heavy atom. The molecule has 0 spiro atoms. The van der Waals surface area contributed by atoms with Gasteiger partial charge >= 0.3 is 5.97 Å². The lowest BCUT2D eigenvalue weighted by Gasteiger charge is -2.29. The van der Waals surface area contributed by atoms with Crippen molar-refractivity contribution < 1.29 is 9.90 Å². The third-order valence-corrected chi connectivity index (χ3v) is 4.23. The van der Waals surface area contributed by atoms with Gasteiger partial charge in [-0.15, -0.1) is 0 Å². The molecule has 0 saturated carbocycles. The summed E-state index contributed by atoms with van der Waals surface area (Å²) in [5, 5.41) is 12.8. The van der Waals surface area contributed by atoms with Crippen molar-refractivity contribution in [2.75, 3.05) is 6.54 Å². The van der Waals surface area contributed by atoms with Crippen LogP contribution in [-0.2, 0) is 4.79 Å². The smallest absolute Gasteiger partial charge is 0.310 e. The van der Waals surface area contributed by atoms with E-state index in [1.807, 2.05) is 13.8 Å². The van der Waals surface area contributed by atoms with Crippen molar-refractivity contribution in [1.82, 2.24) is 5.32 Å². The van der Waals surface area contributed by atoms with Gasteiger partial charge in [-0.3, -0.25) is 4.79 Å². The van der Waals surface area contributed by atoms with Crippen molar-refractivity contribution in [2.45, 2.75) is 73.3 Å². The Bertz CT molecular complexity index is 259. The lowest BCUT2D eigenvalue weighted by molar-refractivity contribution is -0.149. The minimum absolute atomic E-state index is 0.380. The number of carboxylic acids is 1. The molecule has 0 bridgehead atoms. The number of rotatable bonds is 10. The standard InChI is InChI=1S/C16H33NO2/c1-7-16(8-2,15(18)19)11-17-14(6)10-13(5)9-12(3)4/h12-14,17H,7-11H2,1-6H3,(H,18,19). The summed E-state index contributed by atoms with van der Waals surface area (Å²) in [5.74, 6) is 0.740. The Hall–Kier alpha value is -0.570. The third-order valence-electron chi connectivity index (χ3n) is 4.23. The Balaban J connectivity index is 4.26. The van der Waals surface area contributed by atoms with Crippen LogP contribution >= 0.6 is 0 Å². The SMILES string of the molecule is CCC(CC)(CNC(C)CC(C)CC(C)C)C(=O)O. The fourth-order valence-electron chi connectivity index (χ4n) is 2.84. The minimum atomic E-state index is -0.674. The number of hydrogen-bond acceptors (Lipinski definition) is 2. The number of carbonyl (C=O) groups is 1. The summed E-state index contributed by atoms with van der Waals surface area (Å²) >= 11 is 0. The Morgan fingerprint density at radius 1 is 1.11 bits per heavy atom. The van der Waals surface area contributed by atoms with E-state index in [0.717, 1.165) is 12.3 Å². The van der Waals surface area contributed by atoms with Gasteiger partial charge < -0.3 is 10.4 Å². The zero-order chi connectivity index (χ0) is 15.1. The van der Waals surface area contributed by atoms with E-state index >= 15 is 0 Å². The van der Waals surface area contributed by atoms with Crippen LogP contribution in [0.25, 0.3) is 0 Å². The van der Waals surface area contributed by atoms with Crippen LogP contribution in [0.5, 0.6) is 0 Å². The van der Waals surface area contributed by atoms with E-state index in [-0.39, 0.29) is 0 Å². The van der Waals surface area contributed by atoms with Gasteiger partial charge in [-0.25, -0.2) is 0 Å². The first-order chi connectivity index (χ1) is 8.77. The summed E-state index contributed by atoms with van der Waals surface area (Å²) in [5.41, 5.74) is -0.602. The average Bonchev–Trinajstić information content (AvgIpc) is 2.29. The van der Waals surface area contributed by atoms with Crippen molar-refractivity contribution in [1.29, 1.82) is 0 Å².